The number of fused-ring (bicyclic) bond motifs is 1. The second-order valence-corrected chi connectivity index (χ2v) is 7.58. The van der Waals surface area contributed by atoms with Crippen LogP contribution in [0.15, 0.2) is 36.5 Å². The molecule has 1 aromatic heterocycles. The molecule has 4 rings (SSSR count). The molecule has 1 aromatic carbocycles. The van der Waals surface area contributed by atoms with Crippen molar-refractivity contribution in [1.29, 1.82) is 0 Å². The average molecular weight is 353 g/mol. The van der Waals surface area contributed by atoms with Gasteiger partial charge in [0.05, 0.1) is 17.7 Å². The van der Waals surface area contributed by atoms with Crippen LogP contribution in [0.1, 0.15) is 48.9 Å². The van der Waals surface area contributed by atoms with Gasteiger partial charge < -0.3 is 10.4 Å². The Morgan fingerprint density at radius 1 is 1.12 bits per heavy atom. The Balaban J connectivity index is 1.49. The molecule has 1 saturated carbocycles. The highest BCUT2D eigenvalue weighted by atomic mass is 16.3. The molecule has 5 heteroatoms. The van der Waals surface area contributed by atoms with Gasteiger partial charge in [0.1, 0.15) is 0 Å². The number of nitrogens with one attached hydrogen (secondary N) is 1. The van der Waals surface area contributed by atoms with Crippen molar-refractivity contribution in [3.05, 3.63) is 42.1 Å². The maximum atomic E-state index is 12.8. The summed E-state index contributed by atoms with van der Waals surface area (Å²) in [5.41, 5.74) is 1.51. The van der Waals surface area contributed by atoms with Crippen molar-refractivity contribution in [1.82, 2.24) is 15.2 Å². The number of rotatable bonds is 3. The van der Waals surface area contributed by atoms with Crippen LogP contribution in [-0.4, -0.2) is 52.2 Å². The molecule has 1 amide bonds. The number of aliphatic hydroxyl groups is 1. The Morgan fingerprint density at radius 2 is 1.92 bits per heavy atom. The van der Waals surface area contributed by atoms with Gasteiger partial charge >= 0.3 is 0 Å². The molecule has 2 fully saturated rings. The zero-order valence-corrected chi connectivity index (χ0v) is 15.1. The Labute approximate surface area is 154 Å². The summed E-state index contributed by atoms with van der Waals surface area (Å²) in [5, 5.41) is 15.0. The highest BCUT2D eigenvalue weighted by Crippen LogP contribution is 2.26. The van der Waals surface area contributed by atoms with E-state index in [1.807, 2.05) is 30.3 Å². The molecule has 0 spiro atoms. The van der Waals surface area contributed by atoms with Crippen molar-refractivity contribution in [3.8, 4) is 0 Å². The summed E-state index contributed by atoms with van der Waals surface area (Å²) < 4.78 is 0. The van der Waals surface area contributed by atoms with Crippen LogP contribution in [-0.2, 0) is 0 Å². The zero-order chi connectivity index (χ0) is 17.9. The standard InChI is InChI=1S/C21H27N3O2/c25-20-18(7-1-2-8-19(20)24-12-3-4-13-24)23-21(26)16-9-10-17-15(14-16)6-5-11-22-17/h5-6,9-11,14,18-20,25H,1-4,7-8,12-13H2,(H,23,26)/t18-,19-,20-/m1/s1. The fourth-order valence-electron chi connectivity index (χ4n) is 4.43. The number of likely N-dealkylation sites (tertiary alicyclic amines) is 1. The van der Waals surface area contributed by atoms with Gasteiger partial charge in [-0.2, -0.15) is 0 Å². The number of aliphatic hydroxyl groups excluding tert-OH is 1. The van der Waals surface area contributed by atoms with Gasteiger partial charge in [0, 0.05) is 23.2 Å². The summed E-state index contributed by atoms with van der Waals surface area (Å²) in [6, 6.07) is 9.39. The van der Waals surface area contributed by atoms with E-state index in [1.165, 1.54) is 12.8 Å². The molecule has 138 valence electrons. The summed E-state index contributed by atoms with van der Waals surface area (Å²) in [7, 11) is 0. The van der Waals surface area contributed by atoms with E-state index in [-0.39, 0.29) is 18.0 Å². The van der Waals surface area contributed by atoms with Gasteiger partial charge in [0.2, 0.25) is 0 Å². The van der Waals surface area contributed by atoms with E-state index in [0.29, 0.717) is 5.56 Å². The fourth-order valence-corrected chi connectivity index (χ4v) is 4.43. The summed E-state index contributed by atoms with van der Waals surface area (Å²) in [6.45, 7) is 2.14. The molecule has 26 heavy (non-hydrogen) atoms. The van der Waals surface area contributed by atoms with Crippen LogP contribution in [0, 0.1) is 0 Å². The molecular weight excluding hydrogens is 326 g/mol. The van der Waals surface area contributed by atoms with E-state index in [4.69, 9.17) is 0 Å². The Morgan fingerprint density at radius 3 is 2.77 bits per heavy atom. The van der Waals surface area contributed by atoms with Gasteiger partial charge in [-0.15, -0.1) is 0 Å². The van der Waals surface area contributed by atoms with Gasteiger partial charge in [-0.1, -0.05) is 18.9 Å². The summed E-state index contributed by atoms with van der Waals surface area (Å²) in [6.07, 6.45) is 7.71. The SMILES string of the molecule is O=C(N[C@@H]1CCCC[C@@H](N2CCCC2)[C@@H]1O)c1ccc2ncccc2c1. The van der Waals surface area contributed by atoms with E-state index >= 15 is 0 Å². The molecule has 1 aliphatic heterocycles. The number of hydrogen-bond acceptors (Lipinski definition) is 4. The molecule has 2 aliphatic rings. The summed E-state index contributed by atoms with van der Waals surface area (Å²) in [5.74, 6) is -0.109. The predicted octanol–water partition coefficient (Wildman–Crippen LogP) is 2.73. The van der Waals surface area contributed by atoms with Crippen LogP contribution in [0.4, 0.5) is 0 Å². The van der Waals surface area contributed by atoms with Gasteiger partial charge in [-0.3, -0.25) is 14.7 Å². The van der Waals surface area contributed by atoms with Crippen molar-refractivity contribution < 1.29 is 9.90 Å². The second-order valence-electron chi connectivity index (χ2n) is 7.58. The number of pyridine rings is 1. The minimum absolute atomic E-state index is 0.109. The molecule has 3 atom stereocenters. The second kappa shape index (κ2) is 7.72. The van der Waals surface area contributed by atoms with Crippen LogP contribution < -0.4 is 5.32 Å². The monoisotopic (exact) mass is 353 g/mol. The minimum Gasteiger partial charge on any atom is -0.389 e. The lowest BCUT2D eigenvalue weighted by Crippen LogP contribution is -2.52. The van der Waals surface area contributed by atoms with Gasteiger partial charge in [-0.25, -0.2) is 0 Å². The lowest BCUT2D eigenvalue weighted by molar-refractivity contribution is 0.0338. The third kappa shape index (κ3) is 3.60. The molecule has 2 N–H and O–H groups in total. The van der Waals surface area contributed by atoms with Gasteiger partial charge in [-0.05, 0) is 63.0 Å². The number of hydrogen-bond donors (Lipinski definition) is 2. The van der Waals surface area contributed by atoms with E-state index in [1.54, 1.807) is 6.20 Å². The Kier molecular flexibility index (Phi) is 5.18. The Bertz CT molecular complexity index is 773. The van der Waals surface area contributed by atoms with Crippen molar-refractivity contribution in [2.24, 2.45) is 0 Å². The third-order valence-electron chi connectivity index (χ3n) is 5.86. The molecule has 0 bridgehead atoms. The van der Waals surface area contributed by atoms with Crippen molar-refractivity contribution in [3.63, 3.8) is 0 Å². The first-order valence-electron chi connectivity index (χ1n) is 9.80. The topological polar surface area (TPSA) is 65.5 Å². The van der Waals surface area contributed by atoms with Crippen molar-refractivity contribution in [2.45, 2.75) is 56.7 Å². The fraction of sp³-hybridized carbons (Fsp3) is 0.524. The molecule has 0 radical (unpaired) electrons. The van der Waals surface area contributed by atoms with Crippen LogP contribution >= 0.6 is 0 Å². The third-order valence-corrected chi connectivity index (χ3v) is 5.86. The van der Waals surface area contributed by atoms with E-state index < -0.39 is 6.10 Å². The number of carbonyl (C=O) groups is 1. The first-order chi connectivity index (χ1) is 12.7. The lowest BCUT2D eigenvalue weighted by Gasteiger charge is -2.34. The van der Waals surface area contributed by atoms with E-state index in [9.17, 15) is 9.90 Å². The number of aromatic nitrogens is 1. The molecular formula is C21H27N3O2. The van der Waals surface area contributed by atoms with Crippen LogP contribution in [0.25, 0.3) is 10.9 Å². The summed E-state index contributed by atoms with van der Waals surface area (Å²) >= 11 is 0. The zero-order valence-electron chi connectivity index (χ0n) is 15.1. The number of amides is 1. The van der Waals surface area contributed by atoms with Crippen LogP contribution in [0.3, 0.4) is 0 Å². The number of benzene rings is 1. The maximum Gasteiger partial charge on any atom is 0.251 e. The molecule has 0 unspecified atom stereocenters. The minimum atomic E-state index is -0.498. The molecule has 1 aliphatic carbocycles. The average Bonchev–Trinajstić information content (AvgIpc) is 3.14. The molecule has 2 heterocycles. The molecule has 1 saturated heterocycles. The number of nitrogens with zero attached hydrogens (tertiary/aromatic N) is 2. The smallest absolute Gasteiger partial charge is 0.251 e. The molecule has 2 aromatic rings. The quantitative estimate of drug-likeness (QED) is 0.833. The highest BCUT2D eigenvalue weighted by Gasteiger charge is 2.35. The highest BCUT2D eigenvalue weighted by molar-refractivity contribution is 5.98. The van der Waals surface area contributed by atoms with Crippen LogP contribution in [0.5, 0.6) is 0 Å². The van der Waals surface area contributed by atoms with Crippen LogP contribution in [0.2, 0.25) is 0 Å². The molecule has 5 nitrogen and oxygen atoms in total. The van der Waals surface area contributed by atoms with Crippen molar-refractivity contribution >= 4 is 16.8 Å². The first kappa shape index (κ1) is 17.4. The normalized spacial score (nSPS) is 27.3. The van der Waals surface area contributed by atoms with E-state index in [2.05, 4.69) is 15.2 Å². The largest absolute Gasteiger partial charge is 0.389 e. The predicted molar refractivity (Wildman–Crippen MR) is 102 cm³/mol. The lowest BCUT2D eigenvalue weighted by atomic mass is 9.99. The van der Waals surface area contributed by atoms with Crippen molar-refractivity contribution in [2.75, 3.05) is 13.1 Å². The van der Waals surface area contributed by atoms with E-state index in [0.717, 1.165) is 49.7 Å². The van der Waals surface area contributed by atoms with Gasteiger partial charge in [0.15, 0.2) is 0 Å². The van der Waals surface area contributed by atoms with Gasteiger partial charge in [0.25, 0.3) is 5.91 Å². The first-order valence-corrected chi connectivity index (χ1v) is 9.80. The maximum absolute atomic E-state index is 12.8. The Hall–Kier alpha value is -1.98. The summed E-state index contributed by atoms with van der Waals surface area (Å²) in [4.78, 5) is 19.5. The number of carbonyl (C=O) groups excluding carboxylic acids is 1.